The van der Waals surface area contributed by atoms with Crippen LogP contribution >= 0.6 is 0 Å². The van der Waals surface area contributed by atoms with Gasteiger partial charge in [0.25, 0.3) is 5.91 Å². The van der Waals surface area contributed by atoms with Crippen molar-refractivity contribution in [1.82, 2.24) is 10.6 Å². The number of alkyl carbamates (subject to hydrolysis) is 1. The Balaban J connectivity index is 3.13. The Morgan fingerprint density at radius 1 is 1.29 bits per heavy atom. The third-order valence-electron chi connectivity index (χ3n) is 3.67. The van der Waals surface area contributed by atoms with Gasteiger partial charge in [0.15, 0.2) is 6.04 Å². The van der Waals surface area contributed by atoms with Gasteiger partial charge in [0.05, 0.1) is 12.7 Å². The maximum absolute atomic E-state index is 12.7. The first-order chi connectivity index (χ1) is 10.7. The second kappa shape index (κ2) is 6.58. The van der Waals surface area contributed by atoms with E-state index in [1.807, 2.05) is 0 Å². The molecule has 0 aliphatic carbocycles. The predicted octanol–water partition coefficient (Wildman–Crippen LogP) is 1.33. The summed E-state index contributed by atoms with van der Waals surface area (Å²) < 4.78 is 15.9. The Hall–Kier alpha value is -1.83. The van der Waals surface area contributed by atoms with Crippen LogP contribution in [-0.4, -0.2) is 48.0 Å². The van der Waals surface area contributed by atoms with Gasteiger partial charge >= 0.3 is 12.1 Å². The molecular weight excluding hydrogens is 316 g/mol. The summed E-state index contributed by atoms with van der Waals surface area (Å²) in [5, 5.41) is 5.11. The highest BCUT2D eigenvalue weighted by Crippen LogP contribution is 2.33. The zero-order valence-corrected chi connectivity index (χ0v) is 15.6. The van der Waals surface area contributed by atoms with Crippen molar-refractivity contribution in [3.05, 3.63) is 0 Å². The summed E-state index contributed by atoms with van der Waals surface area (Å²) in [5.74, 6) is -1.66. The van der Waals surface area contributed by atoms with Gasteiger partial charge in [-0.3, -0.25) is 10.1 Å². The average Bonchev–Trinajstić information content (AvgIpc) is 2.38. The van der Waals surface area contributed by atoms with Crippen molar-refractivity contribution in [1.29, 1.82) is 0 Å². The van der Waals surface area contributed by atoms with Crippen molar-refractivity contribution in [2.75, 3.05) is 7.11 Å². The molecule has 2 amide bonds. The van der Waals surface area contributed by atoms with Crippen LogP contribution in [0, 0.1) is 5.92 Å². The fraction of sp³-hybridized carbons (Fsp3) is 0.812. The van der Waals surface area contributed by atoms with E-state index in [9.17, 15) is 14.4 Å². The second-order valence-electron chi connectivity index (χ2n) is 7.65. The predicted molar refractivity (Wildman–Crippen MR) is 86.0 cm³/mol. The molecule has 1 aliphatic rings. The minimum Gasteiger partial charge on any atom is -0.467 e. The number of rotatable bonds is 3. The van der Waals surface area contributed by atoms with Crippen LogP contribution in [-0.2, 0) is 23.8 Å². The van der Waals surface area contributed by atoms with Crippen molar-refractivity contribution in [3.63, 3.8) is 0 Å². The molecule has 1 fully saturated rings. The second-order valence-corrected chi connectivity index (χ2v) is 7.65. The summed E-state index contributed by atoms with van der Waals surface area (Å²) in [4.78, 5) is 36.7. The normalized spacial score (nSPS) is 26.5. The van der Waals surface area contributed by atoms with Gasteiger partial charge < -0.3 is 19.5 Å². The Bertz CT molecular complexity index is 523. The number of carbonyl (C=O) groups excluding carboxylic acids is 3. The summed E-state index contributed by atoms with van der Waals surface area (Å²) in [6, 6.07) is -0.984. The highest BCUT2D eigenvalue weighted by atomic mass is 16.6. The molecular formula is C16H28N2O6. The van der Waals surface area contributed by atoms with Gasteiger partial charge in [-0.25, -0.2) is 9.59 Å². The van der Waals surface area contributed by atoms with Crippen LogP contribution in [0.4, 0.5) is 4.79 Å². The minimum absolute atomic E-state index is 0.414. The first-order valence-electron chi connectivity index (χ1n) is 7.85. The van der Waals surface area contributed by atoms with E-state index >= 15 is 0 Å². The minimum atomic E-state index is -1.66. The number of morpholine rings is 1. The van der Waals surface area contributed by atoms with Crippen LogP contribution in [0.2, 0.25) is 0 Å². The zero-order chi connectivity index (χ0) is 18.9. The highest BCUT2D eigenvalue weighted by molar-refractivity contribution is 5.94. The Morgan fingerprint density at radius 3 is 2.25 bits per heavy atom. The summed E-state index contributed by atoms with van der Waals surface area (Å²) in [6.07, 6.45) is -0.779. The molecule has 138 valence electrons. The summed E-state index contributed by atoms with van der Waals surface area (Å²) in [6.45, 7) is 11.9. The van der Waals surface area contributed by atoms with Gasteiger partial charge in [-0.2, -0.15) is 0 Å². The summed E-state index contributed by atoms with van der Waals surface area (Å²) in [7, 11) is 1.23. The first kappa shape index (κ1) is 20.2. The van der Waals surface area contributed by atoms with E-state index in [1.54, 1.807) is 48.5 Å². The van der Waals surface area contributed by atoms with Crippen LogP contribution in [0.5, 0.6) is 0 Å². The molecule has 2 N–H and O–H groups in total. The molecule has 0 aromatic carbocycles. The fourth-order valence-corrected chi connectivity index (χ4v) is 2.45. The number of ether oxygens (including phenoxy) is 3. The van der Waals surface area contributed by atoms with E-state index in [0.717, 1.165) is 0 Å². The zero-order valence-electron chi connectivity index (χ0n) is 15.6. The lowest BCUT2D eigenvalue weighted by Crippen LogP contribution is -2.75. The van der Waals surface area contributed by atoms with Crippen LogP contribution in [0.25, 0.3) is 0 Å². The topological polar surface area (TPSA) is 103 Å². The van der Waals surface area contributed by atoms with Gasteiger partial charge in [0.2, 0.25) is 5.72 Å². The van der Waals surface area contributed by atoms with Gasteiger partial charge in [0, 0.05) is 5.92 Å². The van der Waals surface area contributed by atoms with E-state index in [4.69, 9.17) is 14.2 Å². The quantitative estimate of drug-likeness (QED) is 0.749. The van der Waals surface area contributed by atoms with Crippen LogP contribution in [0.1, 0.15) is 48.5 Å². The molecule has 0 aromatic rings. The number of carbonyl (C=O) groups is 3. The molecule has 24 heavy (non-hydrogen) atoms. The number of hydrogen-bond acceptors (Lipinski definition) is 6. The lowest BCUT2D eigenvalue weighted by molar-refractivity contribution is -0.219. The molecule has 8 heteroatoms. The van der Waals surface area contributed by atoms with E-state index in [2.05, 4.69) is 10.6 Å². The lowest BCUT2D eigenvalue weighted by atomic mass is 9.89. The third-order valence-corrected chi connectivity index (χ3v) is 3.67. The third kappa shape index (κ3) is 4.17. The fourth-order valence-electron chi connectivity index (χ4n) is 2.45. The largest absolute Gasteiger partial charge is 0.467 e. The molecule has 0 aromatic heterocycles. The maximum Gasteiger partial charge on any atom is 0.410 e. The van der Waals surface area contributed by atoms with Gasteiger partial charge in [-0.05, 0) is 34.6 Å². The van der Waals surface area contributed by atoms with Crippen molar-refractivity contribution in [3.8, 4) is 0 Å². The van der Waals surface area contributed by atoms with Crippen LogP contribution < -0.4 is 10.6 Å². The van der Waals surface area contributed by atoms with Crippen molar-refractivity contribution in [2.45, 2.75) is 71.4 Å². The van der Waals surface area contributed by atoms with E-state index in [1.165, 1.54) is 7.11 Å². The van der Waals surface area contributed by atoms with Crippen molar-refractivity contribution >= 4 is 18.0 Å². The molecule has 0 spiro atoms. The molecule has 0 radical (unpaired) electrons. The Labute approximate surface area is 142 Å². The van der Waals surface area contributed by atoms with Gasteiger partial charge in [-0.15, -0.1) is 0 Å². The standard InChI is InChI=1S/C16H28N2O6/c1-9(2)16(18-13(21)23-14(3,4)5)12(20)17-10(11(19)22-8)15(6,7)24-16/h9-10H,1-8H3,(H,17,20)(H,18,21)/t10-,16-/m1/s1. The van der Waals surface area contributed by atoms with E-state index in [-0.39, 0.29) is 0 Å². The Kier molecular flexibility index (Phi) is 5.54. The van der Waals surface area contributed by atoms with Crippen molar-refractivity contribution in [2.24, 2.45) is 5.92 Å². The van der Waals surface area contributed by atoms with Gasteiger partial charge in [-0.1, -0.05) is 13.8 Å². The van der Waals surface area contributed by atoms with Crippen LogP contribution in [0.3, 0.4) is 0 Å². The molecule has 8 nitrogen and oxygen atoms in total. The highest BCUT2D eigenvalue weighted by Gasteiger charge is 2.57. The molecule has 1 rings (SSSR count). The molecule has 0 bridgehead atoms. The number of esters is 1. The maximum atomic E-state index is 12.7. The number of nitrogens with one attached hydrogen (secondary N) is 2. The molecule has 1 saturated heterocycles. The molecule has 0 saturated carbocycles. The summed E-state index contributed by atoms with van der Waals surface area (Å²) >= 11 is 0. The first-order valence-corrected chi connectivity index (χ1v) is 7.85. The van der Waals surface area contributed by atoms with E-state index in [0.29, 0.717) is 0 Å². The van der Waals surface area contributed by atoms with Gasteiger partial charge in [0.1, 0.15) is 5.60 Å². The molecule has 0 unspecified atom stereocenters. The smallest absolute Gasteiger partial charge is 0.410 e. The molecule has 2 atom stereocenters. The lowest BCUT2D eigenvalue weighted by Gasteiger charge is -2.49. The summed E-state index contributed by atoms with van der Waals surface area (Å²) in [5.41, 5.74) is -3.48. The Morgan fingerprint density at radius 2 is 1.83 bits per heavy atom. The number of hydrogen-bond donors (Lipinski definition) is 2. The van der Waals surface area contributed by atoms with Crippen molar-refractivity contribution < 1.29 is 28.6 Å². The average molecular weight is 344 g/mol. The molecule has 1 heterocycles. The molecule has 1 aliphatic heterocycles. The number of amides is 2. The monoisotopic (exact) mass is 344 g/mol. The van der Waals surface area contributed by atoms with E-state index < -0.39 is 46.9 Å². The number of methoxy groups -OCH3 is 1. The van der Waals surface area contributed by atoms with Crippen LogP contribution in [0.15, 0.2) is 0 Å². The SMILES string of the molecule is COC(=O)[C@H]1NC(=O)[C@@](NC(=O)OC(C)(C)C)(C(C)C)OC1(C)C.